The molecule has 0 saturated heterocycles. The highest BCUT2D eigenvalue weighted by Crippen LogP contribution is 2.41. The molecule has 1 aliphatic heterocycles. The Morgan fingerprint density at radius 3 is 2.58 bits per heavy atom. The molecule has 1 aromatic heterocycles. The van der Waals surface area contributed by atoms with Crippen molar-refractivity contribution in [1.29, 1.82) is 0 Å². The molecule has 0 N–H and O–H groups in total. The molecule has 0 radical (unpaired) electrons. The van der Waals surface area contributed by atoms with E-state index in [9.17, 15) is 8.42 Å². The maximum absolute atomic E-state index is 13.1. The van der Waals surface area contributed by atoms with Crippen LogP contribution in [0.5, 0.6) is 0 Å². The molecule has 5 heteroatoms. The maximum Gasteiger partial charge on any atom is 0.268 e. The predicted molar refractivity (Wildman–Crippen MR) is 97.0 cm³/mol. The second-order valence-corrected chi connectivity index (χ2v) is 8.53. The first kappa shape index (κ1) is 15.4. The second-order valence-electron chi connectivity index (χ2n) is 6.75. The molecule has 0 unspecified atom stereocenters. The van der Waals surface area contributed by atoms with Crippen LogP contribution in [0.2, 0.25) is 0 Å². The van der Waals surface area contributed by atoms with E-state index in [1.807, 2.05) is 57.4 Å². The van der Waals surface area contributed by atoms with E-state index >= 15 is 0 Å². The molecule has 0 saturated carbocycles. The van der Waals surface area contributed by atoms with E-state index in [0.717, 1.165) is 46.1 Å². The van der Waals surface area contributed by atoms with E-state index in [1.165, 1.54) is 3.97 Å². The average Bonchev–Trinajstić information content (AvgIpc) is 2.88. The number of nitrogens with zero attached hydrogens (tertiary/aromatic N) is 2. The molecule has 4 rings (SSSR count). The van der Waals surface area contributed by atoms with Crippen LogP contribution in [0.1, 0.15) is 11.1 Å². The molecule has 2 aromatic carbocycles. The van der Waals surface area contributed by atoms with Crippen molar-refractivity contribution in [2.24, 2.45) is 0 Å². The third-order valence-corrected chi connectivity index (χ3v) is 6.36. The highest BCUT2D eigenvalue weighted by molar-refractivity contribution is 7.90. The molecule has 24 heavy (non-hydrogen) atoms. The molecule has 4 nitrogen and oxygen atoms in total. The van der Waals surface area contributed by atoms with E-state index in [4.69, 9.17) is 0 Å². The van der Waals surface area contributed by atoms with Gasteiger partial charge in [-0.3, -0.25) is 0 Å². The summed E-state index contributed by atoms with van der Waals surface area (Å²) >= 11 is 0. The highest BCUT2D eigenvalue weighted by atomic mass is 32.2. The van der Waals surface area contributed by atoms with Gasteiger partial charge >= 0.3 is 0 Å². The van der Waals surface area contributed by atoms with Crippen LogP contribution < -0.4 is 0 Å². The van der Waals surface area contributed by atoms with Crippen LogP contribution in [0.4, 0.5) is 0 Å². The van der Waals surface area contributed by atoms with Crippen molar-refractivity contribution in [3.63, 3.8) is 0 Å². The van der Waals surface area contributed by atoms with Gasteiger partial charge in [-0.25, -0.2) is 12.4 Å². The lowest BCUT2D eigenvalue weighted by molar-refractivity contribution is 0.413. The quantitative estimate of drug-likeness (QED) is 0.575. The standard InChI is InChI=1S/C19H20N2O2S/c1-13-4-6-15-17-12-21(18(15)10-13)24(22,23)19-11-14(5-7-16(17)19)8-9-20(2)3/h4-7,10-12H,8-9H2,1-3H3. The van der Waals surface area contributed by atoms with Crippen molar-refractivity contribution in [2.45, 2.75) is 18.2 Å². The Labute approximate surface area is 142 Å². The van der Waals surface area contributed by atoms with Crippen LogP contribution in [0.25, 0.3) is 22.0 Å². The third-order valence-electron chi connectivity index (χ3n) is 4.65. The number of likely N-dealkylation sites (N-methyl/N-ethyl adjacent to an activating group) is 1. The molecule has 0 amide bonds. The van der Waals surface area contributed by atoms with Gasteiger partial charge in [0.1, 0.15) is 0 Å². The number of aromatic nitrogens is 1. The van der Waals surface area contributed by atoms with Gasteiger partial charge in [-0.15, -0.1) is 0 Å². The van der Waals surface area contributed by atoms with Gasteiger partial charge in [0.05, 0.1) is 10.4 Å². The zero-order chi connectivity index (χ0) is 17.1. The third kappa shape index (κ3) is 2.19. The first-order chi connectivity index (χ1) is 11.4. The van der Waals surface area contributed by atoms with E-state index in [2.05, 4.69) is 4.90 Å². The first-order valence-corrected chi connectivity index (χ1v) is 9.47. The van der Waals surface area contributed by atoms with Gasteiger partial charge < -0.3 is 4.90 Å². The van der Waals surface area contributed by atoms with Crippen molar-refractivity contribution in [1.82, 2.24) is 8.87 Å². The van der Waals surface area contributed by atoms with E-state index in [1.54, 1.807) is 6.20 Å². The average molecular weight is 340 g/mol. The second kappa shape index (κ2) is 5.19. The van der Waals surface area contributed by atoms with Gasteiger partial charge in [-0.2, -0.15) is 0 Å². The van der Waals surface area contributed by atoms with Crippen LogP contribution in [-0.4, -0.2) is 37.9 Å². The summed E-state index contributed by atoms with van der Waals surface area (Å²) in [6, 6.07) is 11.8. The number of fused-ring (bicyclic) bond motifs is 7. The normalized spacial score (nSPS) is 15.0. The molecule has 1 aliphatic rings. The van der Waals surface area contributed by atoms with Crippen molar-refractivity contribution < 1.29 is 8.42 Å². The largest absolute Gasteiger partial charge is 0.309 e. The zero-order valence-electron chi connectivity index (χ0n) is 14.1. The SMILES string of the molecule is Cc1ccc2c3cn(c2c1)S(=O)(=O)c1cc(CCN(C)C)ccc1-3. The first-order valence-electron chi connectivity index (χ1n) is 8.03. The Kier molecular flexibility index (Phi) is 3.34. The number of rotatable bonds is 3. The van der Waals surface area contributed by atoms with Crippen LogP contribution >= 0.6 is 0 Å². The van der Waals surface area contributed by atoms with E-state index in [-0.39, 0.29) is 0 Å². The maximum atomic E-state index is 13.1. The van der Waals surface area contributed by atoms with Gasteiger partial charge in [0.25, 0.3) is 10.0 Å². The van der Waals surface area contributed by atoms with Crippen LogP contribution in [-0.2, 0) is 16.4 Å². The minimum atomic E-state index is -3.54. The fraction of sp³-hybridized carbons (Fsp3) is 0.263. The molecule has 0 atom stereocenters. The monoisotopic (exact) mass is 340 g/mol. The Morgan fingerprint density at radius 1 is 1.04 bits per heavy atom. The van der Waals surface area contributed by atoms with Gasteiger partial charge in [0.15, 0.2) is 0 Å². The smallest absolute Gasteiger partial charge is 0.268 e. The Hall–Kier alpha value is -2.11. The minimum absolute atomic E-state index is 0.421. The van der Waals surface area contributed by atoms with E-state index in [0.29, 0.717) is 4.90 Å². The summed E-state index contributed by atoms with van der Waals surface area (Å²) in [4.78, 5) is 2.52. The van der Waals surface area contributed by atoms with Crippen molar-refractivity contribution >= 4 is 20.9 Å². The number of hydrogen-bond donors (Lipinski definition) is 0. The van der Waals surface area contributed by atoms with Gasteiger partial charge in [0.2, 0.25) is 0 Å². The fourth-order valence-electron chi connectivity index (χ4n) is 3.34. The number of hydrogen-bond acceptors (Lipinski definition) is 3. The molecule has 0 spiro atoms. The van der Waals surface area contributed by atoms with E-state index < -0.39 is 10.0 Å². The summed E-state index contributed by atoms with van der Waals surface area (Å²) in [5.74, 6) is 0. The van der Waals surface area contributed by atoms with Gasteiger partial charge in [-0.05, 0) is 50.7 Å². The van der Waals surface area contributed by atoms with Crippen LogP contribution in [0.3, 0.4) is 0 Å². The van der Waals surface area contributed by atoms with Crippen LogP contribution in [0.15, 0.2) is 47.5 Å². The summed E-state index contributed by atoms with van der Waals surface area (Å²) in [5.41, 5.74) is 4.67. The lowest BCUT2D eigenvalue weighted by atomic mass is 10.0. The van der Waals surface area contributed by atoms with Crippen molar-refractivity contribution in [3.8, 4) is 11.1 Å². The molecule has 3 aromatic rings. The van der Waals surface area contributed by atoms with Crippen LogP contribution in [0, 0.1) is 6.92 Å². The summed E-state index contributed by atoms with van der Waals surface area (Å²) in [6.45, 7) is 2.87. The molecular formula is C19H20N2O2S. The zero-order valence-corrected chi connectivity index (χ0v) is 14.9. The fourth-order valence-corrected chi connectivity index (χ4v) is 4.96. The minimum Gasteiger partial charge on any atom is -0.309 e. The summed E-state index contributed by atoms with van der Waals surface area (Å²) in [7, 11) is 0.498. The molecule has 0 fully saturated rings. The molecule has 0 aliphatic carbocycles. The van der Waals surface area contributed by atoms with Crippen molar-refractivity contribution in [2.75, 3.05) is 20.6 Å². The van der Waals surface area contributed by atoms with Gasteiger partial charge in [0, 0.05) is 29.3 Å². The Balaban J connectivity index is 1.94. The molecule has 124 valence electrons. The number of aryl methyl sites for hydroxylation is 1. The number of benzene rings is 2. The molecule has 2 bridgehead atoms. The van der Waals surface area contributed by atoms with Gasteiger partial charge in [-0.1, -0.05) is 24.3 Å². The molecule has 2 heterocycles. The summed E-state index contributed by atoms with van der Waals surface area (Å²) in [5, 5.41) is 0.990. The van der Waals surface area contributed by atoms with Crippen molar-refractivity contribution in [3.05, 3.63) is 53.7 Å². The Morgan fingerprint density at radius 2 is 1.83 bits per heavy atom. The lowest BCUT2D eigenvalue weighted by Gasteiger charge is -2.16. The molecular weight excluding hydrogens is 320 g/mol. The predicted octanol–water partition coefficient (Wildman–Crippen LogP) is 3.27. The topological polar surface area (TPSA) is 42.3 Å². The summed E-state index contributed by atoms with van der Waals surface area (Å²) in [6.07, 6.45) is 2.59. The summed E-state index contributed by atoms with van der Waals surface area (Å²) < 4.78 is 27.6. The Bertz CT molecular complexity index is 1060. The lowest BCUT2D eigenvalue weighted by Crippen LogP contribution is -2.17. The highest BCUT2D eigenvalue weighted by Gasteiger charge is 2.31.